The molecular weight excluding hydrogens is 483 g/mol. The van der Waals surface area contributed by atoms with Gasteiger partial charge in [0.1, 0.15) is 0 Å². The van der Waals surface area contributed by atoms with E-state index in [0.29, 0.717) is 28.4 Å². The van der Waals surface area contributed by atoms with Crippen LogP contribution >= 0.6 is 23.2 Å². The Kier molecular flexibility index (Phi) is 5.45. The van der Waals surface area contributed by atoms with E-state index in [-0.39, 0.29) is 14.9 Å². The van der Waals surface area contributed by atoms with Gasteiger partial charge in [-0.25, -0.2) is 8.42 Å². The van der Waals surface area contributed by atoms with Crippen LogP contribution in [0.5, 0.6) is 0 Å². The molecule has 0 spiro atoms. The zero-order valence-corrected chi connectivity index (χ0v) is 19.1. The molecule has 33 heavy (non-hydrogen) atoms. The third-order valence-electron chi connectivity index (χ3n) is 4.81. The molecule has 0 radical (unpaired) electrons. The number of pyridine rings is 1. The van der Waals surface area contributed by atoms with Crippen LogP contribution < -0.4 is 4.72 Å². The monoisotopic (exact) mass is 496 g/mol. The smallest absolute Gasteiger partial charge is 0.261 e. The summed E-state index contributed by atoms with van der Waals surface area (Å²) in [7, 11) is -3.86. The quantitative estimate of drug-likeness (QED) is 0.368. The van der Waals surface area contributed by atoms with Crippen molar-refractivity contribution in [2.24, 2.45) is 0 Å². The molecule has 0 amide bonds. The number of aromatic nitrogens is 5. The normalized spacial score (nSPS) is 11.6. The lowest BCUT2D eigenvalue weighted by Gasteiger charge is -2.10. The van der Waals surface area contributed by atoms with Gasteiger partial charge in [-0.3, -0.25) is 9.71 Å². The fraction of sp³-hybridized carbons (Fsp3) is 0. The van der Waals surface area contributed by atoms with Gasteiger partial charge in [-0.05, 0) is 54.6 Å². The lowest BCUT2D eigenvalue weighted by molar-refractivity contribution is 0.601. The Bertz CT molecular complexity index is 1590. The minimum absolute atomic E-state index is 0.00771. The summed E-state index contributed by atoms with van der Waals surface area (Å²) in [5, 5.41) is 13.5. The Balaban J connectivity index is 1.49. The van der Waals surface area contributed by atoms with Crippen LogP contribution in [0.1, 0.15) is 0 Å². The van der Waals surface area contributed by atoms with Crippen molar-refractivity contribution < 1.29 is 8.42 Å². The largest absolute Gasteiger partial charge is 0.280 e. The second-order valence-electron chi connectivity index (χ2n) is 7.01. The Morgan fingerprint density at radius 3 is 2.42 bits per heavy atom. The van der Waals surface area contributed by atoms with Gasteiger partial charge in [0.25, 0.3) is 10.0 Å². The van der Waals surface area contributed by atoms with Crippen LogP contribution in [0.15, 0.2) is 84.0 Å². The SMILES string of the molecule is O=S(=O)(Nc1cccc(-c2ccc3nnc(-c4ccncc4)n3n2)c1)c1ccc(Cl)c(Cl)c1. The van der Waals surface area contributed by atoms with Crippen molar-refractivity contribution in [1.29, 1.82) is 0 Å². The molecule has 3 aromatic heterocycles. The van der Waals surface area contributed by atoms with Crippen molar-refractivity contribution in [3.8, 4) is 22.6 Å². The fourth-order valence-corrected chi connectivity index (χ4v) is 4.66. The number of nitrogens with one attached hydrogen (secondary N) is 1. The number of halogens is 2. The first-order valence-electron chi connectivity index (χ1n) is 9.62. The van der Waals surface area contributed by atoms with Gasteiger partial charge in [0.05, 0.1) is 20.6 Å². The van der Waals surface area contributed by atoms with E-state index in [0.717, 1.165) is 5.56 Å². The fourth-order valence-electron chi connectivity index (χ4n) is 3.22. The molecule has 5 aromatic rings. The van der Waals surface area contributed by atoms with Crippen LogP contribution in [-0.4, -0.2) is 33.2 Å². The third-order valence-corrected chi connectivity index (χ3v) is 6.93. The summed E-state index contributed by atoms with van der Waals surface area (Å²) in [6, 6.07) is 18.3. The molecule has 0 aliphatic heterocycles. The van der Waals surface area contributed by atoms with E-state index in [1.807, 2.05) is 18.2 Å². The van der Waals surface area contributed by atoms with Crippen LogP contribution in [0.3, 0.4) is 0 Å². The Morgan fingerprint density at radius 1 is 0.818 bits per heavy atom. The molecule has 0 fully saturated rings. The Hall–Kier alpha value is -3.53. The van der Waals surface area contributed by atoms with E-state index >= 15 is 0 Å². The van der Waals surface area contributed by atoms with Crippen LogP contribution in [0.2, 0.25) is 10.0 Å². The van der Waals surface area contributed by atoms with Crippen molar-refractivity contribution in [2.75, 3.05) is 4.72 Å². The molecule has 3 heterocycles. The minimum atomic E-state index is -3.86. The lowest BCUT2D eigenvalue weighted by atomic mass is 10.1. The van der Waals surface area contributed by atoms with E-state index in [4.69, 9.17) is 23.2 Å². The summed E-state index contributed by atoms with van der Waals surface area (Å²) in [6.07, 6.45) is 3.34. The molecule has 1 N–H and O–H groups in total. The number of nitrogens with zero attached hydrogens (tertiary/aromatic N) is 5. The zero-order valence-electron chi connectivity index (χ0n) is 16.7. The van der Waals surface area contributed by atoms with E-state index < -0.39 is 10.0 Å². The first kappa shape index (κ1) is 21.3. The predicted molar refractivity (Wildman–Crippen MR) is 127 cm³/mol. The minimum Gasteiger partial charge on any atom is -0.280 e. The molecule has 0 aliphatic rings. The summed E-state index contributed by atoms with van der Waals surface area (Å²) < 4.78 is 29.8. The summed E-state index contributed by atoms with van der Waals surface area (Å²) in [5.41, 5.74) is 3.11. The zero-order chi connectivity index (χ0) is 23.0. The maximum Gasteiger partial charge on any atom is 0.261 e. The maximum atomic E-state index is 12.8. The number of benzene rings is 2. The maximum absolute atomic E-state index is 12.8. The first-order valence-corrected chi connectivity index (χ1v) is 11.9. The number of hydrogen-bond donors (Lipinski definition) is 1. The highest BCUT2D eigenvalue weighted by molar-refractivity contribution is 7.92. The molecule has 5 rings (SSSR count). The highest BCUT2D eigenvalue weighted by atomic mass is 35.5. The molecule has 0 aliphatic carbocycles. The third kappa shape index (κ3) is 4.25. The van der Waals surface area contributed by atoms with E-state index in [9.17, 15) is 8.42 Å². The second-order valence-corrected chi connectivity index (χ2v) is 9.51. The highest BCUT2D eigenvalue weighted by Gasteiger charge is 2.17. The van der Waals surface area contributed by atoms with Crippen LogP contribution in [0, 0.1) is 0 Å². The van der Waals surface area contributed by atoms with E-state index in [2.05, 4.69) is 25.0 Å². The van der Waals surface area contributed by atoms with Crippen molar-refractivity contribution in [2.45, 2.75) is 4.90 Å². The van der Waals surface area contributed by atoms with Gasteiger partial charge >= 0.3 is 0 Å². The number of anilines is 1. The van der Waals surface area contributed by atoms with Gasteiger partial charge in [0, 0.05) is 29.2 Å². The number of sulfonamides is 1. The van der Waals surface area contributed by atoms with Crippen LogP contribution in [0.25, 0.3) is 28.3 Å². The van der Waals surface area contributed by atoms with Crippen molar-refractivity contribution in [1.82, 2.24) is 24.8 Å². The van der Waals surface area contributed by atoms with Crippen molar-refractivity contribution >= 4 is 44.6 Å². The summed E-state index contributed by atoms with van der Waals surface area (Å²) in [4.78, 5) is 4.03. The Labute approximate surface area is 198 Å². The summed E-state index contributed by atoms with van der Waals surface area (Å²) >= 11 is 11.9. The molecule has 8 nitrogen and oxygen atoms in total. The summed E-state index contributed by atoms with van der Waals surface area (Å²) in [5.74, 6) is 0.575. The van der Waals surface area contributed by atoms with Gasteiger partial charge < -0.3 is 0 Å². The number of rotatable bonds is 5. The molecule has 0 atom stereocenters. The van der Waals surface area contributed by atoms with Gasteiger partial charge in [0.15, 0.2) is 11.5 Å². The number of hydrogen-bond acceptors (Lipinski definition) is 6. The molecule has 0 bridgehead atoms. The molecular formula is C22H14Cl2N6O2S. The molecule has 11 heteroatoms. The molecule has 0 saturated heterocycles. The van der Waals surface area contributed by atoms with Gasteiger partial charge in [-0.1, -0.05) is 35.3 Å². The average Bonchev–Trinajstić information content (AvgIpc) is 3.24. The first-order chi connectivity index (χ1) is 15.9. The average molecular weight is 497 g/mol. The van der Waals surface area contributed by atoms with Gasteiger partial charge in [-0.15, -0.1) is 10.2 Å². The topological polar surface area (TPSA) is 102 Å². The number of fused-ring (bicyclic) bond motifs is 1. The van der Waals surface area contributed by atoms with E-state index in [1.54, 1.807) is 47.2 Å². The van der Waals surface area contributed by atoms with Crippen LogP contribution in [-0.2, 0) is 10.0 Å². The second kappa shape index (κ2) is 8.43. The predicted octanol–water partition coefficient (Wildman–Crippen LogP) is 4.96. The van der Waals surface area contributed by atoms with Crippen LogP contribution in [0.4, 0.5) is 5.69 Å². The molecule has 0 unspecified atom stereocenters. The van der Waals surface area contributed by atoms with Crippen molar-refractivity contribution in [3.63, 3.8) is 0 Å². The Morgan fingerprint density at radius 2 is 1.64 bits per heavy atom. The molecule has 2 aromatic carbocycles. The van der Waals surface area contributed by atoms with E-state index in [1.165, 1.54) is 18.2 Å². The van der Waals surface area contributed by atoms with Crippen molar-refractivity contribution in [3.05, 3.63) is 89.2 Å². The summed E-state index contributed by atoms with van der Waals surface area (Å²) in [6.45, 7) is 0. The molecule has 164 valence electrons. The highest BCUT2D eigenvalue weighted by Crippen LogP contribution is 2.28. The van der Waals surface area contributed by atoms with Gasteiger partial charge in [-0.2, -0.15) is 9.61 Å². The standard InChI is InChI=1S/C22H14Cl2N6O2S/c23-18-5-4-17(13-19(18)24)33(31,32)29-16-3-1-2-15(12-16)20-6-7-21-26-27-22(30(21)28-20)14-8-10-25-11-9-14/h1-13,29H. The van der Waals surface area contributed by atoms with Gasteiger partial charge in [0.2, 0.25) is 0 Å². The molecule has 0 saturated carbocycles. The lowest BCUT2D eigenvalue weighted by Crippen LogP contribution is -2.13.